The first-order valence-electron chi connectivity index (χ1n) is 8.54. The van der Waals surface area contributed by atoms with Crippen molar-refractivity contribution in [3.63, 3.8) is 0 Å². The maximum absolute atomic E-state index is 12.7. The largest absolute Gasteiger partial charge is 0.392 e. The van der Waals surface area contributed by atoms with Crippen LogP contribution in [0.2, 0.25) is 0 Å². The smallest absolute Gasteiger partial charge is 0.162 e. The highest BCUT2D eigenvalue weighted by molar-refractivity contribution is 5.99. The molecule has 1 saturated carbocycles. The minimum Gasteiger partial charge on any atom is -0.392 e. The third kappa shape index (κ3) is 2.20. The number of carbonyl (C=O) groups excluding carboxylic acids is 2. The van der Waals surface area contributed by atoms with E-state index >= 15 is 0 Å². The highest BCUT2D eigenvalue weighted by atomic mass is 16.3. The standard InChI is InChI=1S/C20H26O3/c1-12(2)14-10-17(23)20(4)8-7-19(3)15(18(14)20)6-5-13(11-21)9-16(19)22/h5-6,10-12,16,18,22H,7-9H2,1-4H3. The van der Waals surface area contributed by atoms with Gasteiger partial charge in [-0.25, -0.2) is 0 Å². The van der Waals surface area contributed by atoms with E-state index in [0.717, 1.165) is 24.7 Å². The average molecular weight is 314 g/mol. The molecule has 3 heteroatoms. The summed E-state index contributed by atoms with van der Waals surface area (Å²) in [5.41, 5.74) is 2.15. The molecule has 0 aromatic rings. The quantitative estimate of drug-likeness (QED) is 0.795. The maximum Gasteiger partial charge on any atom is 0.162 e. The third-order valence-electron chi connectivity index (χ3n) is 6.42. The summed E-state index contributed by atoms with van der Waals surface area (Å²) in [5.74, 6) is 0.557. The number of rotatable bonds is 2. The molecule has 124 valence electrons. The Morgan fingerprint density at radius 2 is 1.87 bits per heavy atom. The van der Waals surface area contributed by atoms with Gasteiger partial charge in [0.05, 0.1) is 6.10 Å². The predicted molar refractivity (Wildman–Crippen MR) is 89.7 cm³/mol. The molecule has 0 aromatic heterocycles. The summed E-state index contributed by atoms with van der Waals surface area (Å²) in [6.07, 6.45) is 7.88. The molecule has 0 amide bonds. The molecule has 0 aliphatic heterocycles. The molecule has 0 radical (unpaired) electrons. The van der Waals surface area contributed by atoms with Crippen LogP contribution in [0.5, 0.6) is 0 Å². The van der Waals surface area contributed by atoms with E-state index in [-0.39, 0.29) is 17.1 Å². The predicted octanol–water partition coefficient (Wildman–Crippen LogP) is 3.39. The van der Waals surface area contributed by atoms with Crippen LogP contribution >= 0.6 is 0 Å². The topological polar surface area (TPSA) is 54.4 Å². The Bertz CT molecular complexity index is 652. The van der Waals surface area contributed by atoms with Crippen LogP contribution in [-0.4, -0.2) is 23.3 Å². The summed E-state index contributed by atoms with van der Waals surface area (Å²) in [6.45, 7) is 8.40. The first-order chi connectivity index (χ1) is 10.7. The Balaban J connectivity index is 2.17. The summed E-state index contributed by atoms with van der Waals surface area (Å²) in [4.78, 5) is 23.9. The molecule has 3 rings (SSSR count). The molecule has 3 aliphatic carbocycles. The van der Waals surface area contributed by atoms with Crippen molar-refractivity contribution in [1.82, 2.24) is 0 Å². The van der Waals surface area contributed by atoms with Gasteiger partial charge < -0.3 is 5.11 Å². The van der Waals surface area contributed by atoms with Crippen molar-refractivity contribution in [3.8, 4) is 0 Å². The minimum absolute atomic E-state index is 0.0469. The van der Waals surface area contributed by atoms with E-state index in [2.05, 4.69) is 27.7 Å². The van der Waals surface area contributed by atoms with Gasteiger partial charge in [0.25, 0.3) is 0 Å². The third-order valence-corrected chi connectivity index (χ3v) is 6.42. The van der Waals surface area contributed by atoms with Crippen molar-refractivity contribution in [2.75, 3.05) is 0 Å². The highest BCUT2D eigenvalue weighted by Gasteiger charge is 2.57. The van der Waals surface area contributed by atoms with E-state index in [1.165, 1.54) is 5.57 Å². The Morgan fingerprint density at radius 1 is 1.22 bits per heavy atom. The van der Waals surface area contributed by atoms with Crippen LogP contribution in [0.15, 0.2) is 34.9 Å². The molecule has 0 heterocycles. The number of fused-ring (bicyclic) bond motifs is 3. The first kappa shape index (κ1) is 16.4. The van der Waals surface area contributed by atoms with Crippen LogP contribution in [0.3, 0.4) is 0 Å². The van der Waals surface area contributed by atoms with Crippen molar-refractivity contribution in [2.45, 2.75) is 53.1 Å². The summed E-state index contributed by atoms with van der Waals surface area (Å²) < 4.78 is 0. The number of carbonyl (C=O) groups is 2. The lowest BCUT2D eigenvalue weighted by Crippen LogP contribution is -2.47. The Kier molecular flexibility index (Phi) is 3.75. The van der Waals surface area contributed by atoms with Crippen molar-refractivity contribution in [2.24, 2.45) is 22.7 Å². The lowest BCUT2D eigenvalue weighted by Gasteiger charge is -2.50. The van der Waals surface area contributed by atoms with Crippen LogP contribution in [0, 0.1) is 22.7 Å². The number of ketones is 1. The Hall–Kier alpha value is -1.48. The van der Waals surface area contributed by atoms with Gasteiger partial charge in [0.15, 0.2) is 5.78 Å². The Labute approximate surface area is 138 Å². The fourth-order valence-corrected chi connectivity index (χ4v) is 4.64. The summed E-state index contributed by atoms with van der Waals surface area (Å²) in [5, 5.41) is 10.8. The zero-order valence-corrected chi connectivity index (χ0v) is 14.4. The molecule has 4 atom stereocenters. The second-order valence-electron chi connectivity index (χ2n) is 8.13. The van der Waals surface area contributed by atoms with Gasteiger partial charge in [-0.1, -0.05) is 51.0 Å². The van der Waals surface area contributed by atoms with Gasteiger partial charge in [-0.3, -0.25) is 9.59 Å². The van der Waals surface area contributed by atoms with Crippen LogP contribution in [0.4, 0.5) is 0 Å². The highest BCUT2D eigenvalue weighted by Crippen LogP contribution is 2.61. The fraction of sp³-hybridized carbons (Fsp3) is 0.600. The molecule has 3 nitrogen and oxygen atoms in total. The fourth-order valence-electron chi connectivity index (χ4n) is 4.64. The van der Waals surface area contributed by atoms with Gasteiger partial charge in [-0.05, 0) is 30.4 Å². The second kappa shape index (κ2) is 5.27. The second-order valence-corrected chi connectivity index (χ2v) is 8.13. The number of hydrogen-bond donors (Lipinski definition) is 1. The van der Waals surface area contributed by atoms with E-state index in [4.69, 9.17) is 0 Å². The van der Waals surface area contributed by atoms with Gasteiger partial charge in [0.2, 0.25) is 0 Å². The van der Waals surface area contributed by atoms with Crippen molar-refractivity contribution >= 4 is 12.1 Å². The zero-order valence-electron chi connectivity index (χ0n) is 14.4. The number of aliphatic hydroxyl groups is 1. The lowest BCUT2D eigenvalue weighted by atomic mass is 9.53. The van der Waals surface area contributed by atoms with Gasteiger partial charge in [0.1, 0.15) is 6.29 Å². The average Bonchev–Trinajstić information content (AvgIpc) is 2.69. The van der Waals surface area contributed by atoms with Gasteiger partial charge in [-0.15, -0.1) is 0 Å². The molecule has 0 saturated heterocycles. The molecular weight excluding hydrogens is 288 g/mol. The number of hydrogen-bond acceptors (Lipinski definition) is 3. The van der Waals surface area contributed by atoms with E-state index in [1.54, 1.807) is 0 Å². The molecule has 1 N–H and O–H groups in total. The molecule has 3 aliphatic rings. The van der Waals surface area contributed by atoms with Crippen molar-refractivity contribution < 1.29 is 14.7 Å². The molecule has 0 aromatic carbocycles. The first-order valence-corrected chi connectivity index (χ1v) is 8.54. The summed E-state index contributed by atoms with van der Waals surface area (Å²) in [6, 6.07) is 0. The van der Waals surface area contributed by atoms with E-state index in [1.807, 2.05) is 18.2 Å². The van der Waals surface area contributed by atoms with Crippen molar-refractivity contribution in [1.29, 1.82) is 0 Å². The molecule has 4 unspecified atom stereocenters. The molecule has 0 bridgehead atoms. The Morgan fingerprint density at radius 3 is 2.48 bits per heavy atom. The number of aldehydes is 1. The van der Waals surface area contributed by atoms with Gasteiger partial charge >= 0.3 is 0 Å². The van der Waals surface area contributed by atoms with E-state index in [9.17, 15) is 14.7 Å². The summed E-state index contributed by atoms with van der Waals surface area (Å²) >= 11 is 0. The minimum atomic E-state index is -0.582. The normalized spacial score (nSPS) is 39.9. The van der Waals surface area contributed by atoms with E-state index < -0.39 is 11.5 Å². The number of aliphatic hydroxyl groups excluding tert-OH is 1. The SMILES string of the molecule is CC(C)C1=CC(=O)C2(C)CCC3(C)C(=CC=C(C=O)CC3O)C12. The van der Waals surface area contributed by atoms with Crippen molar-refractivity contribution in [3.05, 3.63) is 34.9 Å². The molecular formula is C20H26O3. The molecule has 1 fully saturated rings. The molecule has 0 spiro atoms. The van der Waals surface area contributed by atoms with Crippen LogP contribution < -0.4 is 0 Å². The van der Waals surface area contributed by atoms with E-state index in [0.29, 0.717) is 17.9 Å². The monoisotopic (exact) mass is 314 g/mol. The zero-order chi connectivity index (χ0) is 17.0. The lowest BCUT2D eigenvalue weighted by molar-refractivity contribution is -0.126. The number of allylic oxidation sites excluding steroid dienone is 4. The van der Waals surface area contributed by atoms with Gasteiger partial charge in [0, 0.05) is 23.2 Å². The maximum atomic E-state index is 12.7. The van der Waals surface area contributed by atoms with Crippen LogP contribution in [-0.2, 0) is 9.59 Å². The van der Waals surface area contributed by atoms with Crippen LogP contribution in [0.25, 0.3) is 0 Å². The van der Waals surface area contributed by atoms with Gasteiger partial charge in [-0.2, -0.15) is 0 Å². The molecule has 23 heavy (non-hydrogen) atoms. The summed E-state index contributed by atoms with van der Waals surface area (Å²) in [7, 11) is 0. The van der Waals surface area contributed by atoms with Crippen LogP contribution in [0.1, 0.15) is 47.0 Å².